The molecule has 2 heterocycles. The number of rotatable bonds is 6. The second kappa shape index (κ2) is 8.67. The van der Waals surface area contributed by atoms with Gasteiger partial charge in [0, 0.05) is 37.7 Å². The number of aryl methyl sites for hydroxylation is 2. The smallest absolute Gasteiger partial charge is 0.243 e. The van der Waals surface area contributed by atoms with Crippen molar-refractivity contribution in [2.45, 2.75) is 62.3 Å². The Balaban J connectivity index is 1.25. The molecule has 0 bridgehead atoms. The third kappa shape index (κ3) is 4.53. The minimum Gasteiger partial charge on any atom is -0.353 e. The zero-order valence-corrected chi connectivity index (χ0v) is 17.4. The molecular formula is C21H28N4O3S. The van der Waals surface area contributed by atoms with Crippen molar-refractivity contribution in [1.29, 1.82) is 0 Å². The summed E-state index contributed by atoms with van der Waals surface area (Å²) in [4.78, 5) is 12.7. The predicted octanol–water partition coefficient (Wildman–Crippen LogP) is 2.19. The zero-order valence-electron chi connectivity index (χ0n) is 16.6. The third-order valence-corrected chi connectivity index (χ3v) is 7.84. The number of amides is 1. The Bertz CT molecular complexity index is 948. The Hall–Kier alpha value is -2.19. The van der Waals surface area contributed by atoms with Crippen LogP contribution in [0, 0.1) is 0 Å². The number of piperidine rings is 1. The van der Waals surface area contributed by atoms with Crippen molar-refractivity contribution >= 4 is 15.9 Å². The minimum absolute atomic E-state index is 0.0157. The SMILES string of the molecule is O=C(CCc1n[nH]c2c1CCCC2)NC1CCN(S(=O)(=O)c2ccccc2)CC1. The molecule has 2 aliphatic rings. The van der Waals surface area contributed by atoms with E-state index in [2.05, 4.69) is 15.5 Å². The summed E-state index contributed by atoms with van der Waals surface area (Å²) in [5.74, 6) is 0.0157. The van der Waals surface area contributed by atoms with Gasteiger partial charge in [-0.05, 0) is 56.2 Å². The number of aromatic amines is 1. The molecule has 0 unspecified atom stereocenters. The van der Waals surface area contributed by atoms with Gasteiger partial charge < -0.3 is 5.32 Å². The van der Waals surface area contributed by atoms with Crippen LogP contribution in [0.3, 0.4) is 0 Å². The standard InChI is InChI=1S/C21H28N4O3S/c26-21(11-10-20-18-8-4-5-9-19(18)23-24-20)22-16-12-14-25(15-13-16)29(27,28)17-6-2-1-3-7-17/h1-3,6-7,16H,4-5,8-15H2,(H,22,26)(H,23,24). The molecular weight excluding hydrogens is 388 g/mol. The van der Waals surface area contributed by atoms with Crippen LogP contribution in [0.1, 0.15) is 49.1 Å². The molecule has 0 spiro atoms. The molecule has 0 radical (unpaired) electrons. The Morgan fingerprint density at radius 1 is 1.14 bits per heavy atom. The average Bonchev–Trinajstić information content (AvgIpc) is 3.16. The molecule has 1 aliphatic carbocycles. The number of hydrogen-bond acceptors (Lipinski definition) is 4. The van der Waals surface area contributed by atoms with Crippen LogP contribution >= 0.6 is 0 Å². The molecule has 29 heavy (non-hydrogen) atoms. The van der Waals surface area contributed by atoms with Crippen molar-refractivity contribution < 1.29 is 13.2 Å². The first kappa shape index (κ1) is 20.1. The molecule has 8 heteroatoms. The molecule has 1 aliphatic heterocycles. The maximum atomic E-state index is 12.7. The van der Waals surface area contributed by atoms with Gasteiger partial charge >= 0.3 is 0 Å². The maximum absolute atomic E-state index is 12.7. The number of nitrogens with zero attached hydrogens (tertiary/aromatic N) is 2. The molecule has 2 N–H and O–H groups in total. The van der Waals surface area contributed by atoms with E-state index in [0.29, 0.717) is 43.7 Å². The van der Waals surface area contributed by atoms with Crippen molar-refractivity contribution in [3.63, 3.8) is 0 Å². The number of carbonyl (C=O) groups is 1. The highest BCUT2D eigenvalue weighted by molar-refractivity contribution is 7.89. The van der Waals surface area contributed by atoms with Crippen molar-refractivity contribution in [3.05, 3.63) is 47.3 Å². The summed E-state index contributed by atoms with van der Waals surface area (Å²) in [6.07, 6.45) is 6.84. The van der Waals surface area contributed by atoms with E-state index in [1.165, 1.54) is 28.4 Å². The molecule has 156 valence electrons. The fourth-order valence-corrected chi connectivity index (χ4v) is 5.76. The van der Waals surface area contributed by atoms with Gasteiger partial charge in [-0.3, -0.25) is 9.89 Å². The highest BCUT2D eigenvalue weighted by Crippen LogP contribution is 2.23. The molecule has 2 aromatic rings. The van der Waals surface area contributed by atoms with E-state index < -0.39 is 10.0 Å². The van der Waals surface area contributed by atoms with Crippen molar-refractivity contribution in [2.75, 3.05) is 13.1 Å². The second-order valence-corrected chi connectivity index (χ2v) is 9.83. The van der Waals surface area contributed by atoms with Crippen LogP contribution in [0.25, 0.3) is 0 Å². The van der Waals surface area contributed by atoms with Gasteiger partial charge in [0.15, 0.2) is 0 Å². The molecule has 0 atom stereocenters. The summed E-state index contributed by atoms with van der Waals surface area (Å²) in [5, 5.41) is 10.6. The normalized spacial score (nSPS) is 18.3. The quantitative estimate of drug-likeness (QED) is 0.755. The largest absolute Gasteiger partial charge is 0.353 e. The Morgan fingerprint density at radius 2 is 1.86 bits per heavy atom. The van der Waals surface area contributed by atoms with Crippen molar-refractivity contribution in [3.8, 4) is 0 Å². The number of hydrogen-bond donors (Lipinski definition) is 2. The Morgan fingerprint density at radius 3 is 2.62 bits per heavy atom. The van der Waals surface area contributed by atoms with Gasteiger partial charge in [-0.15, -0.1) is 0 Å². The van der Waals surface area contributed by atoms with Gasteiger partial charge in [-0.25, -0.2) is 8.42 Å². The van der Waals surface area contributed by atoms with E-state index in [1.54, 1.807) is 30.3 Å². The molecule has 0 saturated carbocycles. The molecule has 1 amide bonds. The lowest BCUT2D eigenvalue weighted by Crippen LogP contribution is -2.46. The number of fused-ring (bicyclic) bond motifs is 1. The van der Waals surface area contributed by atoms with Gasteiger partial charge in [-0.1, -0.05) is 18.2 Å². The van der Waals surface area contributed by atoms with Crippen molar-refractivity contribution in [2.24, 2.45) is 0 Å². The fourth-order valence-electron chi connectivity index (χ4n) is 4.27. The zero-order chi connectivity index (χ0) is 20.3. The summed E-state index contributed by atoms with van der Waals surface area (Å²) in [6, 6.07) is 8.54. The van der Waals surface area contributed by atoms with Crippen LogP contribution < -0.4 is 5.32 Å². The molecule has 1 fully saturated rings. The number of benzene rings is 1. The Kier molecular flexibility index (Phi) is 6.01. The summed E-state index contributed by atoms with van der Waals surface area (Å²) in [7, 11) is -3.45. The average molecular weight is 417 g/mol. The third-order valence-electron chi connectivity index (χ3n) is 5.93. The molecule has 1 saturated heterocycles. The van der Waals surface area contributed by atoms with E-state index >= 15 is 0 Å². The van der Waals surface area contributed by atoms with Gasteiger partial charge in [0.1, 0.15) is 0 Å². The van der Waals surface area contributed by atoms with Crippen LogP contribution in [-0.4, -0.2) is 48.0 Å². The summed E-state index contributed by atoms with van der Waals surface area (Å²) in [5.41, 5.74) is 3.57. The lowest BCUT2D eigenvalue weighted by atomic mass is 9.94. The van der Waals surface area contributed by atoms with Crippen LogP contribution in [0.5, 0.6) is 0 Å². The van der Waals surface area contributed by atoms with E-state index in [1.807, 2.05) is 0 Å². The summed E-state index contributed by atoms with van der Waals surface area (Å²) >= 11 is 0. The predicted molar refractivity (Wildman–Crippen MR) is 110 cm³/mol. The van der Waals surface area contributed by atoms with Crippen LogP contribution in [0.4, 0.5) is 0 Å². The highest BCUT2D eigenvalue weighted by Gasteiger charge is 2.29. The number of sulfonamides is 1. The van der Waals surface area contributed by atoms with Crippen LogP contribution in [0.2, 0.25) is 0 Å². The molecule has 4 rings (SSSR count). The first-order valence-electron chi connectivity index (χ1n) is 10.4. The highest BCUT2D eigenvalue weighted by atomic mass is 32.2. The lowest BCUT2D eigenvalue weighted by molar-refractivity contribution is -0.122. The Labute approximate surface area is 171 Å². The summed E-state index contributed by atoms with van der Waals surface area (Å²) in [6.45, 7) is 0.851. The topological polar surface area (TPSA) is 95.2 Å². The fraction of sp³-hybridized carbons (Fsp3) is 0.524. The number of aromatic nitrogens is 2. The van der Waals surface area contributed by atoms with Gasteiger partial charge in [-0.2, -0.15) is 9.40 Å². The van der Waals surface area contributed by atoms with E-state index in [-0.39, 0.29) is 11.9 Å². The van der Waals surface area contributed by atoms with Crippen LogP contribution in [-0.2, 0) is 34.1 Å². The second-order valence-electron chi connectivity index (χ2n) is 7.89. The number of carbonyl (C=O) groups excluding carboxylic acids is 1. The first-order valence-corrected chi connectivity index (χ1v) is 11.9. The van der Waals surface area contributed by atoms with E-state index in [0.717, 1.165) is 18.5 Å². The summed E-state index contributed by atoms with van der Waals surface area (Å²) < 4.78 is 26.9. The molecule has 1 aromatic carbocycles. The van der Waals surface area contributed by atoms with Gasteiger partial charge in [0.2, 0.25) is 15.9 Å². The van der Waals surface area contributed by atoms with Gasteiger partial charge in [0.05, 0.1) is 10.6 Å². The minimum atomic E-state index is -3.45. The number of H-pyrrole nitrogens is 1. The first-order chi connectivity index (χ1) is 14.0. The number of nitrogens with one attached hydrogen (secondary N) is 2. The van der Waals surface area contributed by atoms with Crippen LogP contribution in [0.15, 0.2) is 35.2 Å². The monoisotopic (exact) mass is 416 g/mol. The van der Waals surface area contributed by atoms with Gasteiger partial charge in [0.25, 0.3) is 0 Å². The molecule has 1 aromatic heterocycles. The molecule has 7 nitrogen and oxygen atoms in total. The van der Waals surface area contributed by atoms with E-state index in [4.69, 9.17) is 0 Å². The maximum Gasteiger partial charge on any atom is 0.243 e. The van der Waals surface area contributed by atoms with E-state index in [9.17, 15) is 13.2 Å². The lowest BCUT2D eigenvalue weighted by Gasteiger charge is -2.31. The van der Waals surface area contributed by atoms with Crippen molar-refractivity contribution in [1.82, 2.24) is 19.8 Å².